The Hall–Kier alpha value is -0.640. The lowest BCUT2D eigenvalue weighted by atomic mass is 10.0. The van der Waals surface area contributed by atoms with Gasteiger partial charge >= 0.3 is 0 Å². The van der Waals surface area contributed by atoms with Gasteiger partial charge in [0.15, 0.2) is 0 Å². The quantitative estimate of drug-likeness (QED) is 0.889. The van der Waals surface area contributed by atoms with Gasteiger partial charge in [0.05, 0.1) is 5.02 Å². The first-order chi connectivity index (χ1) is 10.2. The van der Waals surface area contributed by atoms with Gasteiger partial charge in [-0.2, -0.15) is 0 Å². The van der Waals surface area contributed by atoms with E-state index in [4.69, 9.17) is 11.6 Å². The number of piperazine rings is 1. The summed E-state index contributed by atoms with van der Waals surface area (Å²) in [6.45, 7) is 5.09. The van der Waals surface area contributed by atoms with Crippen molar-refractivity contribution in [1.29, 1.82) is 0 Å². The third kappa shape index (κ3) is 3.58. The van der Waals surface area contributed by atoms with Crippen LogP contribution in [0.4, 0.5) is 4.39 Å². The van der Waals surface area contributed by atoms with Crippen LogP contribution in [0.3, 0.4) is 0 Å². The number of nitrogens with zero attached hydrogens (tertiary/aromatic N) is 1. The van der Waals surface area contributed by atoms with Gasteiger partial charge in [-0.1, -0.05) is 37.1 Å². The molecular weight excluding hydrogens is 287 g/mol. The van der Waals surface area contributed by atoms with Crippen molar-refractivity contribution in [1.82, 2.24) is 10.2 Å². The Morgan fingerprint density at radius 1 is 1.38 bits per heavy atom. The zero-order valence-electron chi connectivity index (χ0n) is 12.6. The van der Waals surface area contributed by atoms with Crippen molar-refractivity contribution >= 4 is 11.6 Å². The predicted octanol–water partition coefficient (Wildman–Crippen LogP) is 3.83. The van der Waals surface area contributed by atoms with Crippen molar-refractivity contribution in [2.45, 2.75) is 51.2 Å². The van der Waals surface area contributed by atoms with Crippen molar-refractivity contribution in [3.05, 3.63) is 34.6 Å². The van der Waals surface area contributed by atoms with Crippen molar-refractivity contribution in [2.24, 2.45) is 5.92 Å². The predicted molar refractivity (Wildman–Crippen MR) is 85.0 cm³/mol. The Morgan fingerprint density at radius 3 is 2.90 bits per heavy atom. The Bertz CT molecular complexity index is 490. The number of rotatable bonds is 5. The summed E-state index contributed by atoms with van der Waals surface area (Å²) in [7, 11) is 0. The second kappa shape index (κ2) is 6.64. The Kier molecular flexibility index (Phi) is 4.82. The summed E-state index contributed by atoms with van der Waals surface area (Å²) in [6, 6.07) is 6.28. The zero-order chi connectivity index (χ0) is 14.8. The number of hydrogen-bond acceptors (Lipinski definition) is 2. The molecule has 1 aromatic rings. The van der Waals surface area contributed by atoms with Gasteiger partial charge in [-0.15, -0.1) is 0 Å². The van der Waals surface area contributed by atoms with Gasteiger partial charge in [0.2, 0.25) is 0 Å². The molecule has 116 valence electrons. The number of benzene rings is 1. The molecule has 0 bridgehead atoms. The van der Waals surface area contributed by atoms with Crippen LogP contribution in [0.15, 0.2) is 18.2 Å². The molecule has 1 heterocycles. The van der Waals surface area contributed by atoms with Crippen LogP contribution in [-0.2, 0) is 6.54 Å². The summed E-state index contributed by atoms with van der Waals surface area (Å²) >= 11 is 6.14. The van der Waals surface area contributed by atoms with Crippen LogP contribution in [0.5, 0.6) is 0 Å². The van der Waals surface area contributed by atoms with Crippen LogP contribution in [-0.4, -0.2) is 30.1 Å². The van der Waals surface area contributed by atoms with E-state index in [9.17, 15) is 4.39 Å². The molecule has 0 spiro atoms. The van der Waals surface area contributed by atoms with E-state index in [1.54, 1.807) is 6.07 Å². The zero-order valence-corrected chi connectivity index (χ0v) is 13.4. The highest BCUT2D eigenvalue weighted by atomic mass is 35.5. The minimum Gasteiger partial charge on any atom is -0.311 e. The second-order valence-electron chi connectivity index (χ2n) is 6.44. The molecule has 2 atom stereocenters. The smallest absolute Gasteiger partial charge is 0.142 e. The number of hydrogen-bond donors (Lipinski definition) is 1. The fraction of sp³-hybridized carbons (Fsp3) is 0.647. The van der Waals surface area contributed by atoms with Gasteiger partial charge in [0.25, 0.3) is 0 Å². The van der Waals surface area contributed by atoms with Crippen molar-refractivity contribution in [3.63, 3.8) is 0 Å². The molecule has 1 aromatic carbocycles. The molecule has 21 heavy (non-hydrogen) atoms. The van der Waals surface area contributed by atoms with Crippen molar-refractivity contribution in [2.75, 3.05) is 13.1 Å². The molecule has 1 saturated heterocycles. The standard InChI is InChI=1S/C17H24ClFN2/c1-2-4-14-11-21(16(9-20-14)12-7-8-12)10-13-5-3-6-15(19)17(13)18/h3,5-6,12,14,16,20H,2,4,7-11H2,1H3. The lowest BCUT2D eigenvalue weighted by molar-refractivity contribution is 0.104. The molecule has 0 aromatic heterocycles. The van der Waals surface area contributed by atoms with Gasteiger partial charge in [-0.3, -0.25) is 4.90 Å². The number of halogens is 2. The lowest BCUT2D eigenvalue weighted by Gasteiger charge is -2.41. The Balaban J connectivity index is 1.73. The number of nitrogens with one attached hydrogen (secondary N) is 1. The molecule has 2 nitrogen and oxygen atoms in total. The average Bonchev–Trinajstić information content (AvgIpc) is 3.29. The fourth-order valence-electron chi connectivity index (χ4n) is 3.46. The van der Waals surface area contributed by atoms with E-state index < -0.39 is 0 Å². The van der Waals surface area contributed by atoms with E-state index in [0.717, 1.165) is 31.1 Å². The topological polar surface area (TPSA) is 15.3 Å². The summed E-state index contributed by atoms with van der Waals surface area (Å²) in [5.41, 5.74) is 0.916. The third-order valence-corrected chi connectivity index (χ3v) is 5.17. The Labute approximate surface area is 131 Å². The van der Waals surface area contributed by atoms with Crippen molar-refractivity contribution < 1.29 is 4.39 Å². The molecule has 1 aliphatic heterocycles. The van der Waals surface area contributed by atoms with Gasteiger partial charge in [0.1, 0.15) is 5.82 Å². The maximum absolute atomic E-state index is 13.6. The largest absolute Gasteiger partial charge is 0.311 e. The molecule has 1 aliphatic carbocycles. The van der Waals surface area contributed by atoms with Gasteiger partial charge in [-0.25, -0.2) is 4.39 Å². The first-order valence-corrected chi connectivity index (χ1v) is 8.47. The highest BCUT2D eigenvalue weighted by Gasteiger charge is 2.38. The Morgan fingerprint density at radius 2 is 2.19 bits per heavy atom. The van der Waals surface area contributed by atoms with Crippen LogP contribution >= 0.6 is 11.6 Å². The van der Waals surface area contributed by atoms with Gasteiger partial charge in [-0.05, 0) is 36.8 Å². The van der Waals surface area contributed by atoms with Crippen LogP contribution in [0.2, 0.25) is 5.02 Å². The maximum Gasteiger partial charge on any atom is 0.142 e. The van der Waals surface area contributed by atoms with E-state index in [-0.39, 0.29) is 10.8 Å². The molecular formula is C17H24ClFN2. The highest BCUT2D eigenvalue weighted by molar-refractivity contribution is 6.31. The van der Waals surface area contributed by atoms with E-state index in [1.807, 2.05) is 6.07 Å². The normalized spacial score (nSPS) is 27.0. The first kappa shape index (κ1) is 15.3. The molecule has 2 aliphatic rings. The minimum atomic E-state index is -0.308. The summed E-state index contributed by atoms with van der Waals surface area (Å²) in [5, 5.41) is 3.97. The van der Waals surface area contributed by atoms with Gasteiger partial charge < -0.3 is 5.32 Å². The molecule has 2 fully saturated rings. The molecule has 1 N–H and O–H groups in total. The van der Waals surface area contributed by atoms with Crippen molar-refractivity contribution in [3.8, 4) is 0 Å². The lowest BCUT2D eigenvalue weighted by Crippen LogP contribution is -2.56. The molecule has 0 amide bonds. The summed E-state index contributed by atoms with van der Waals surface area (Å²) in [5.74, 6) is 0.504. The van der Waals surface area contributed by atoms with Crippen LogP contribution in [0, 0.1) is 11.7 Å². The maximum atomic E-state index is 13.6. The summed E-state index contributed by atoms with van der Waals surface area (Å²) in [6.07, 6.45) is 5.06. The molecule has 2 unspecified atom stereocenters. The van der Waals surface area contributed by atoms with Crippen LogP contribution < -0.4 is 5.32 Å². The molecule has 3 rings (SSSR count). The second-order valence-corrected chi connectivity index (χ2v) is 6.82. The average molecular weight is 311 g/mol. The highest BCUT2D eigenvalue weighted by Crippen LogP contribution is 2.37. The molecule has 1 saturated carbocycles. The summed E-state index contributed by atoms with van der Waals surface area (Å²) in [4.78, 5) is 2.52. The van der Waals surface area contributed by atoms with Crippen LogP contribution in [0.25, 0.3) is 0 Å². The molecule has 4 heteroatoms. The summed E-state index contributed by atoms with van der Waals surface area (Å²) < 4.78 is 13.6. The molecule has 0 radical (unpaired) electrons. The third-order valence-electron chi connectivity index (χ3n) is 4.75. The van der Waals surface area contributed by atoms with E-state index in [1.165, 1.54) is 31.7 Å². The SMILES string of the molecule is CCCC1CN(Cc2cccc(F)c2Cl)C(C2CC2)CN1. The van der Waals surface area contributed by atoms with Gasteiger partial charge in [0, 0.05) is 31.7 Å². The minimum absolute atomic E-state index is 0.289. The fourth-order valence-corrected chi connectivity index (χ4v) is 3.64. The van der Waals surface area contributed by atoms with Crippen LogP contribution in [0.1, 0.15) is 38.2 Å². The van der Waals surface area contributed by atoms with E-state index in [0.29, 0.717) is 12.1 Å². The van der Waals surface area contributed by atoms with E-state index >= 15 is 0 Å². The van der Waals surface area contributed by atoms with E-state index in [2.05, 4.69) is 17.1 Å². The first-order valence-electron chi connectivity index (χ1n) is 8.09. The monoisotopic (exact) mass is 310 g/mol.